The Morgan fingerprint density at radius 3 is 1.66 bits per heavy atom. The summed E-state index contributed by atoms with van der Waals surface area (Å²) in [6, 6.07) is 37.7. The third-order valence-electron chi connectivity index (χ3n) is 6.26. The van der Waals surface area contributed by atoms with Crippen LogP contribution in [-0.2, 0) is 4.79 Å². The second-order valence-electron chi connectivity index (χ2n) is 8.00. The zero-order valence-corrected chi connectivity index (χ0v) is 18.5. The molecule has 32 heavy (non-hydrogen) atoms. The summed E-state index contributed by atoms with van der Waals surface area (Å²) in [7, 11) is -2.31. The molecule has 0 bridgehead atoms. The lowest BCUT2D eigenvalue weighted by atomic mass is 10.3. The average Bonchev–Trinajstić information content (AvgIpc) is 3.23. The molecule has 4 aromatic rings. The summed E-state index contributed by atoms with van der Waals surface area (Å²) in [6.07, 6.45) is 0.724. The molecule has 2 nitrogen and oxygen atoms in total. The van der Waals surface area contributed by atoms with Crippen molar-refractivity contribution in [1.29, 1.82) is 0 Å². The van der Waals surface area contributed by atoms with E-state index in [1.807, 2.05) is 24.3 Å². The fourth-order valence-electron chi connectivity index (χ4n) is 4.90. The molecule has 0 unspecified atom stereocenters. The van der Waals surface area contributed by atoms with Crippen molar-refractivity contribution in [1.82, 2.24) is 0 Å². The molecule has 1 saturated heterocycles. The summed E-state index contributed by atoms with van der Waals surface area (Å²) in [4.78, 5) is 15.8. The van der Waals surface area contributed by atoms with Gasteiger partial charge in [-0.1, -0.05) is 60.7 Å². The predicted octanol–water partition coefficient (Wildman–Crippen LogP) is 4.93. The molecule has 4 heteroatoms. The highest BCUT2D eigenvalue weighted by Crippen LogP contribution is 2.62. The van der Waals surface area contributed by atoms with E-state index in [0.717, 1.165) is 6.42 Å². The lowest BCUT2D eigenvalue weighted by molar-refractivity contribution is -0.116. The third-order valence-corrected chi connectivity index (χ3v) is 11.0. The first-order valence-electron chi connectivity index (χ1n) is 10.8. The second kappa shape index (κ2) is 8.68. The second-order valence-corrected chi connectivity index (χ2v) is 11.6. The van der Waals surface area contributed by atoms with Gasteiger partial charge in [0.05, 0.1) is 0 Å². The number of benzene rings is 4. The maximum absolute atomic E-state index is 14.0. The standard InChI is InChI=1S/C28H24FNOP/c29-22-11-10-12-23(21-22)30-20-19-27(28(30)31)32(24-13-4-1-5-14-24,25-15-6-2-7-16-25)26-17-8-3-9-18-26/h1-18,21,27H,19-20H2/q+1/t27-/m1/s1. The van der Waals surface area contributed by atoms with Crippen molar-refractivity contribution < 1.29 is 9.18 Å². The molecule has 158 valence electrons. The molecule has 1 atom stereocenters. The minimum absolute atomic E-state index is 0.0699. The maximum atomic E-state index is 14.0. The SMILES string of the molecule is O=C1[C@H]([P+](c2ccccc2)(c2ccccc2)c2ccccc2)CCN1c1cccc(F)c1. The van der Waals surface area contributed by atoms with Gasteiger partial charge in [-0.2, -0.15) is 0 Å². The molecule has 1 fully saturated rings. The van der Waals surface area contributed by atoms with Gasteiger partial charge < -0.3 is 4.90 Å². The number of carbonyl (C=O) groups excluding carboxylic acids is 1. The van der Waals surface area contributed by atoms with Crippen LogP contribution in [0.2, 0.25) is 0 Å². The van der Waals surface area contributed by atoms with Crippen LogP contribution >= 0.6 is 7.26 Å². The smallest absolute Gasteiger partial charge is 0.268 e. The molecule has 1 heterocycles. The van der Waals surface area contributed by atoms with E-state index in [0.29, 0.717) is 12.2 Å². The molecule has 1 aliphatic heterocycles. The molecule has 0 aliphatic carbocycles. The minimum Gasteiger partial charge on any atom is -0.309 e. The topological polar surface area (TPSA) is 20.3 Å². The number of hydrogen-bond donors (Lipinski definition) is 0. The summed E-state index contributed by atoms with van der Waals surface area (Å²) < 4.78 is 13.9. The van der Waals surface area contributed by atoms with Crippen LogP contribution in [0.15, 0.2) is 115 Å². The van der Waals surface area contributed by atoms with E-state index in [2.05, 4.69) is 72.8 Å². The molecule has 0 spiro atoms. The first kappa shape index (κ1) is 20.6. The van der Waals surface area contributed by atoms with Gasteiger partial charge >= 0.3 is 0 Å². The van der Waals surface area contributed by atoms with Gasteiger partial charge in [-0.25, -0.2) is 4.39 Å². The molecule has 0 radical (unpaired) electrons. The van der Waals surface area contributed by atoms with Crippen LogP contribution in [0.25, 0.3) is 0 Å². The summed E-state index contributed by atoms with van der Waals surface area (Å²) >= 11 is 0. The summed E-state index contributed by atoms with van der Waals surface area (Å²) in [5.74, 6) is -0.255. The number of hydrogen-bond acceptors (Lipinski definition) is 1. The van der Waals surface area contributed by atoms with E-state index in [1.165, 1.54) is 28.0 Å². The Labute approximate surface area is 188 Å². The van der Waals surface area contributed by atoms with Gasteiger partial charge in [0, 0.05) is 18.7 Å². The number of rotatable bonds is 5. The van der Waals surface area contributed by atoms with E-state index in [4.69, 9.17) is 0 Å². The fourth-order valence-corrected chi connectivity index (χ4v) is 9.78. The highest BCUT2D eigenvalue weighted by molar-refractivity contribution is 7.97. The van der Waals surface area contributed by atoms with Crippen molar-refractivity contribution in [2.75, 3.05) is 11.4 Å². The molecule has 5 rings (SSSR count). The monoisotopic (exact) mass is 440 g/mol. The number of halogens is 1. The van der Waals surface area contributed by atoms with E-state index < -0.39 is 7.26 Å². The van der Waals surface area contributed by atoms with Crippen LogP contribution in [-0.4, -0.2) is 18.1 Å². The first-order chi connectivity index (χ1) is 15.7. The van der Waals surface area contributed by atoms with Gasteiger partial charge in [0.2, 0.25) is 0 Å². The van der Waals surface area contributed by atoms with Crippen LogP contribution in [0.3, 0.4) is 0 Å². The van der Waals surface area contributed by atoms with Crippen molar-refractivity contribution in [3.63, 3.8) is 0 Å². The number of carbonyl (C=O) groups is 1. The lowest BCUT2D eigenvalue weighted by Crippen LogP contribution is -2.42. The van der Waals surface area contributed by atoms with Crippen molar-refractivity contribution in [3.05, 3.63) is 121 Å². The summed E-state index contributed by atoms with van der Waals surface area (Å²) in [6.45, 7) is 0.585. The number of anilines is 1. The zero-order valence-electron chi connectivity index (χ0n) is 17.6. The van der Waals surface area contributed by atoms with Crippen LogP contribution in [0.1, 0.15) is 6.42 Å². The van der Waals surface area contributed by atoms with Gasteiger partial charge in [-0.3, -0.25) is 4.79 Å². The summed E-state index contributed by atoms with van der Waals surface area (Å²) in [5.41, 5.74) is 0.419. The minimum atomic E-state index is -2.31. The Bertz CT molecular complexity index is 1120. The molecule has 0 saturated carbocycles. The van der Waals surface area contributed by atoms with Crippen molar-refractivity contribution in [2.24, 2.45) is 0 Å². The molecular formula is C28H24FNOP+. The zero-order chi connectivity index (χ0) is 22.0. The van der Waals surface area contributed by atoms with E-state index in [-0.39, 0.29) is 17.4 Å². The molecule has 1 amide bonds. The molecule has 0 aromatic heterocycles. The lowest BCUT2D eigenvalue weighted by Gasteiger charge is -2.32. The summed E-state index contributed by atoms with van der Waals surface area (Å²) in [5, 5.41) is 3.57. The van der Waals surface area contributed by atoms with Gasteiger partial charge in [-0.05, 0) is 54.6 Å². The third kappa shape index (κ3) is 3.43. The highest BCUT2D eigenvalue weighted by atomic mass is 31.2. The molecule has 4 aromatic carbocycles. The Balaban J connectivity index is 1.73. The Morgan fingerprint density at radius 1 is 0.688 bits per heavy atom. The van der Waals surface area contributed by atoms with Crippen LogP contribution in [0.5, 0.6) is 0 Å². The van der Waals surface area contributed by atoms with Gasteiger partial charge in [0.15, 0.2) is 5.66 Å². The Kier molecular flexibility index (Phi) is 5.59. The van der Waals surface area contributed by atoms with Crippen LogP contribution in [0, 0.1) is 5.82 Å². The first-order valence-corrected chi connectivity index (χ1v) is 12.7. The van der Waals surface area contributed by atoms with Crippen molar-refractivity contribution >= 4 is 34.8 Å². The number of nitrogens with zero attached hydrogens (tertiary/aromatic N) is 1. The highest BCUT2D eigenvalue weighted by Gasteiger charge is 2.58. The Morgan fingerprint density at radius 2 is 1.19 bits per heavy atom. The molecular weight excluding hydrogens is 416 g/mol. The predicted molar refractivity (Wildman–Crippen MR) is 132 cm³/mol. The van der Waals surface area contributed by atoms with E-state index in [1.54, 1.807) is 11.0 Å². The van der Waals surface area contributed by atoms with E-state index >= 15 is 0 Å². The maximum Gasteiger partial charge on any atom is 0.268 e. The van der Waals surface area contributed by atoms with Gasteiger partial charge in [0.25, 0.3) is 5.91 Å². The van der Waals surface area contributed by atoms with Crippen molar-refractivity contribution in [3.8, 4) is 0 Å². The van der Waals surface area contributed by atoms with Gasteiger partial charge in [0.1, 0.15) is 29.0 Å². The largest absolute Gasteiger partial charge is 0.309 e. The Hall–Kier alpha value is -3.29. The number of amides is 1. The van der Waals surface area contributed by atoms with Crippen molar-refractivity contribution in [2.45, 2.75) is 12.1 Å². The van der Waals surface area contributed by atoms with E-state index in [9.17, 15) is 9.18 Å². The molecule has 0 N–H and O–H groups in total. The van der Waals surface area contributed by atoms with Gasteiger partial charge in [-0.15, -0.1) is 0 Å². The molecule has 1 aliphatic rings. The fraction of sp³-hybridized carbons (Fsp3) is 0.107. The van der Waals surface area contributed by atoms with Crippen LogP contribution < -0.4 is 20.8 Å². The normalized spacial score (nSPS) is 16.3. The average molecular weight is 440 g/mol. The quantitative estimate of drug-likeness (QED) is 0.403. The van der Waals surface area contributed by atoms with Crippen LogP contribution in [0.4, 0.5) is 10.1 Å².